The zero-order valence-corrected chi connectivity index (χ0v) is 16.8. The van der Waals surface area contributed by atoms with Gasteiger partial charge in [0.25, 0.3) is 0 Å². The van der Waals surface area contributed by atoms with Gasteiger partial charge in [-0.3, -0.25) is 19.2 Å². The van der Waals surface area contributed by atoms with Crippen LogP contribution in [0.3, 0.4) is 0 Å². The molecule has 0 rings (SSSR count). The molecule has 29 heavy (non-hydrogen) atoms. The van der Waals surface area contributed by atoms with Crippen LogP contribution in [0.15, 0.2) is 0 Å². The number of aliphatic hydroxyl groups excluding tert-OH is 1. The fourth-order valence-corrected chi connectivity index (χ4v) is 2.20. The van der Waals surface area contributed by atoms with E-state index in [0.29, 0.717) is 6.42 Å². The van der Waals surface area contributed by atoms with E-state index in [1.54, 1.807) is 6.92 Å². The van der Waals surface area contributed by atoms with Gasteiger partial charge in [0.1, 0.15) is 18.1 Å². The molecule has 12 heteroatoms. The summed E-state index contributed by atoms with van der Waals surface area (Å²) in [7, 11) is 0. The van der Waals surface area contributed by atoms with Crippen LogP contribution in [0.2, 0.25) is 0 Å². The number of hydrogen-bond acceptors (Lipinski definition) is 7. The van der Waals surface area contributed by atoms with Crippen molar-refractivity contribution in [2.24, 2.45) is 17.4 Å². The van der Waals surface area contributed by atoms with E-state index in [4.69, 9.17) is 21.7 Å². The molecule has 5 unspecified atom stereocenters. The van der Waals surface area contributed by atoms with Crippen molar-refractivity contribution in [3.05, 3.63) is 0 Å². The van der Waals surface area contributed by atoms with Gasteiger partial charge in [-0.2, -0.15) is 0 Å². The third-order valence-electron chi connectivity index (χ3n) is 4.42. The molecule has 0 heterocycles. The molecule has 12 nitrogen and oxygen atoms in total. The second-order valence-electron chi connectivity index (χ2n) is 6.79. The Hall–Kier alpha value is -2.73. The summed E-state index contributed by atoms with van der Waals surface area (Å²) in [6.07, 6.45) is 0.215. The van der Waals surface area contributed by atoms with Gasteiger partial charge in [-0.25, -0.2) is 4.79 Å². The van der Waals surface area contributed by atoms with Crippen molar-refractivity contribution in [1.82, 2.24) is 16.0 Å². The maximum absolute atomic E-state index is 12.4. The minimum Gasteiger partial charge on any atom is -0.480 e. The second kappa shape index (κ2) is 12.7. The van der Waals surface area contributed by atoms with Gasteiger partial charge in [0.15, 0.2) is 0 Å². The predicted octanol–water partition coefficient (Wildman–Crippen LogP) is -2.82. The number of amides is 4. The summed E-state index contributed by atoms with van der Waals surface area (Å²) in [5.41, 5.74) is 10.9. The molecule has 0 spiro atoms. The zero-order valence-electron chi connectivity index (χ0n) is 16.8. The van der Waals surface area contributed by atoms with E-state index in [-0.39, 0.29) is 18.8 Å². The summed E-state index contributed by atoms with van der Waals surface area (Å²) in [6, 6.07) is -4.74. The predicted molar refractivity (Wildman–Crippen MR) is 102 cm³/mol. The van der Waals surface area contributed by atoms with Crippen molar-refractivity contribution in [2.45, 2.75) is 64.2 Å². The highest BCUT2D eigenvalue weighted by Gasteiger charge is 2.29. The summed E-state index contributed by atoms with van der Waals surface area (Å²) in [5.74, 6) is -4.50. The van der Waals surface area contributed by atoms with Gasteiger partial charge in [-0.05, 0) is 19.3 Å². The minimum absolute atomic E-state index is 0.106. The van der Waals surface area contributed by atoms with E-state index < -0.39 is 60.4 Å². The van der Waals surface area contributed by atoms with Gasteiger partial charge >= 0.3 is 5.97 Å². The maximum Gasteiger partial charge on any atom is 0.328 e. The molecular formula is C17H31N5O7. The highest BCUT2D eigenvalue weighted by atomic mass is 16.4. The molecule has 0 aliphatic carbocycles. The van der Waals surface area contributed by atoms with Gasteiger partial charge in [0, 0.05) is 6.42 Å². The molecule has 0 fully saturated rings. The molecule has 0 aliphatic heterocycles. The molecule has 0 radical (unpaired) electrons. The lowest BCUT2D eigenvalue weighted by Gasteiger charge is -2.24. The molecular weight excluding hydrogens is 386 g/mol. The standard InChI is InChI=1S/C17H31N5O7/c1-4-8(2)13(19)16(27)20-9(3)14(25)21-10(5-6-12(18)24)15(26)22-11(7-23)17(28)29/h8-11,13,23H,4-7,19H2,1-3H3,(H2,18,24)(H,20,27)(H,21,25)(H,22,26)(H,28,29). The lowest BCUT2D eigenvalue weighted by atomic mass is 9.99. The Balaban J connectivity index is 5.09. The van der Waals surface area contributed by atoms with Crippen molar-refractivity contribution in [3.8, 4) is 0 Å². The topological polar surface area (TPSA) is 214 Å². The van der Waals surface area contributed by atoms with Crippen LogP contribution >= 0.6 is 0 Å². The average molecular weight is 417 g/mol. The van der Waals surface area contributed by atoms with Crippen LogP contribution in [0.1, 0.15) is 40.0 Å². The first-order chi connectivity index (χ1) is 13.4. The zero-order chi connectivity index (χ0) is 22.7. The van der Waals surface area contributed by atoms with E-state index in [0.717, 1.165) is 0 Å². The Morgan fingerprint density at radius 3 is 1.93 bits per heavy atom. The van der Waals surface area contributed by atoms with Crippen LogP contribution in [0.5, 0.6) is 0 Å². The number of aliphatic carboxylic acids is 1. The average Bonchev–Trinajstić information content (AvgIpc) is 2.66. The quantitative estimate of drug-likeness (QED) is 0.165. The number of aliphatic hydroxyl groups is 1. The monoisotopic (exact) mass is 417 g/mol. The molecule has 0 saturated carbocycles. The number of rotatable bonds is 13. The number of carboxylic acids is 1. The van der Waals surface area contributed by atoms with Crippen LogP contribution in [-0.2, 0) is 24.0 Å². The van der Waals surface area contributed by atoms with Gasteiger partial charge in [-0.1, -0.05) is 20.3 Å². The Bertz CT molecular complexity index is 613. The first kappa shape index (κ1) is 26.3. The highest BCUT2D eigenvalue weighted by Crippen LogP contribution is 2.06. The van der Waals surface area contributed by atoms with Crippen LogP contribution in [0, 0.1) is 5.92 Å². The van der Waals surface area contributed by atoms with E-state index in [1.807, 2.05) is 6.92 Å². The fraction of sp³-hybridized carbons (Fsp3) is 0.706. The maximum atomic E-state index is 12.4. The fourth-order valence-electron chi connectivity index (χ4n) is 2.20. The van der Waals surface area contributed by atoms with Crippen LogP contribution in [-0.4, -0.2) is 70.6 Å². The largest absolute Gasteiger partial charge is 0.480 e. The van der Waals surface area contributed by atoms with Crippen LogP contribution in [0.25, 0.3) is 0 Å². The molecule has 0 saturated heterocycles. The summed E-state index contributed by atoms with van der Waals surface area (Å²) in [5, 5.41) is 24.8. The Morgan fingerprint density at radius 2 is 1.48 bits per heavy atom. The number of primary amides is 1. The summed E-state index contributed by atoms with van der Waals surface area (Å²) in [6.45, 7) is 4.18. The number of carbonyl (C=O) groups excluding carboxylic acids is 4. The molecule has 9 N–H and O–H groups in total. The van der Waals surface area contributed by atoms with Crippen molar-refractivity contribution in [2.75, 3.05) is 6.61 Å². The molecule has 166 valence electrons. The van der Waals surface area contributed by atoms with Gasteiger partial charge in [0.2, 0.25) is 23.6 Å². The van der Waals surface area contributed by atoms with Gasteiger partial charge in [0.05, 0.1) is 12.6 Å². The molecule has 5 atom stereocenters. The Kier molecular flexibility index (Phi) is 11.5. The lowest BCUT2D eigenvalue weighted by molar-refractivity contribution is -0.143. The first-order valence-electron chi connectivity index (χ1n) is 9.23. The van der Waals surface area contributed by atoms with Crippen LogP contribution in [0.4, 0.5) is 0 Å². The molecule has 0 aromatic carbocycles. The van der Waals surface area contributed by atoms with Gasteiger partial charge < -0.3 is 37.6 Å². The summed E-state index contributed by atoms with van der Waals surface area (Å²) >= 11 is 0. The van der Waals surface area contributed by atoms with Crippen LogP contribution < -0.4 is 27.4 Å². The highest BCUT2D eigenvalue weighted by molar-refractivity contribution is 5.94. The third-order valence-corrected chi connectivity index (χ3v) is 4.42. The smallest absolute Gasteiger partial charge is 0.328 e. The number of carbonyl (C=O) groups is 5. The van der Waals surface area contributed by atoms with Crippen molar-refractivity contribution in [3.63, 3.8) is 0 Å². The number of nitrogens with two attached hydrogens (primary N) is 2. The SMILES string of the molecule is CCC(C)C(N)C(=O)NC(C)C(=O)NC(CCC(N)=O)C(=O)NC(CO)C(=O)O. The summed E-state index contributed by atoms with van der Waals surface area (Å²) in [4.78, 5) is 58.7. The van der Waals surface area contributed by atoms with E-state index >= 15 is 0 Å². The molecule has 0 aromatic heterocycles. The third kappa shape index (κ3) is 9.34. The Morgan fingerprint density at radius 1 is 0.931 bits per heavy atom. The van der Waals surface area contributed by atoms with Crippen molar-refractivity contribution < 1.29 is 34.2 Å². The number of carboxylic acid groups (broad SMARTS) is 1. The molecule has 0 bridgehead atoms. The van der Waals surface area contributed by atoms with Crippen molar-refractivity contribution >= 4 is 29.6 Å². The molecule has 0 aromatic rings. The second-order valence-corrected chi connectivity index (χ2v) is 6.79. The van der Waals surface area contributed by atoms with E-state index in [1.165, 1.54) is 6.92 Å². The van der Waals surface area contributed by atoms with E-state index in [9.17, 15) is 24.0 Å². The summed E-state index contributed by atoms with van der Waals surface area (Å²) < 4.78 is 0. The van der Waals surface area contributed by atoms with E-state index in [2.05, 4.69) is 16.0 Å². The lowest BCUT2D eigenvalue weighted by Crippen LogP contribution is -2.57. The Labute approximate surface area is 168 Å². The number of hydrogen-bond donors (Lipinski definition) is 7. The molecule has 4 amide bonds. The number of nitrogens with one attached hydrogen (secondary N) is 3. The van der Waals surface area contributed by atoms with Crippen molar-refractivity contribution in [1.29, 1.82) is 0 Å². The minimum atomic E-state index is -1.58. The molecule has 0 aliphatic rings. The van der Waals surface area contributed by atoms with Gasteiger partial charge in [-0.15, -0.1) is 0 Å². The first-order valence-corrected chi connectivity index (χ1v) is 9.23. The normalized spacial score (nSPS) is 15.9.